The Kier molecular flexibility index (Phi) is 7.14. The van der Waals surface area contributed by atoms with Gasteiger partial charge in [-0.25, -0.2) is 0 Å². The maximum Gasteiger partial charge on any atom is 0.118 e. The predicted molar refractivity (Wildman–Crippen MR) is 105 cm³/mol. The van der Waals surface area contributed by atoms with Gasteiger partial charge in [0.1, 0.15) is 5.75 Å². The van der Waals surface area contributed by atoms with Crippen LogP contribution in [-0.2, 0) is 6.54 Å². The van der Waals surface area contributed by atoms with Gasteiger partial charge in [0.05, 0.1) is 19.0 Å². The van der Waals surface area contributed by atoms with Crippen LogP contribution in [0.4, 0.5) is 0 Å². The van der Waals surface area contributed by atoms with Gasteiger partial charge in [-0.15, -0.1) is 24.8 Å². The Morgan fingerprint density at radius 3 is 2.64 bits per heavy atom. The van der Waals surface area contributed by atoms with E-state index in [1.165, 1.54) is 31.4 Å². The molecule has 0 spiro atoms. The third kappa shape index (κ3) is 4.47. The Labute approximate surface area is 161 Å². The van der Waals surface area contributed by atoms with Gasteiger partial charge in [0.15, 0.2) is 0 Å². The molecule has 1 aromatic heterocycles. The molecule has 3 heterocycles. The van der Waals surface area contributed by atoms with Crippen LogP contribution in [0.1, 0.15) is 24.8 Å². The van der Waals surface area contributed by atoms with E-state index in [1.807, 2.05) is 18.3 Å². The molecule has 2 atom stereocenters. The quantitative estimate of drug-likeness (QED) is 0.849. The number of rotatable bonds is 4. The molecule has 2 aromatic rings. The number of aromatic nitrogens is 2. The zero-order valence-electron chi connectivity index (χ0n) is 14.4. The first-order chi connectivity index (χ1) is 11.3. The van der Waals surface area contributed by atoms with Gasteiger partial charge in [-0.05, 0) is 43.5 Å². The van der Waals surface area contributed by atoms with Crippen molar-refractivity contribution in [1.29, 1.82) is 0 Å². The summed E-state index contributed by atoms with van der Waals surface area (Å²) in [6, 6.07) is 9.56. The largest absolute Gasteiger partial charge is 0.497 e. The molecule has 138 valence electrons. The van der Waals surface area contributed by atoms with E-state index >= 15 is 0 Å². The summed E-state index contributed by atoms with van der Waals surface area (Å²) < 4.78 is 5.24. The minimum Gasteiger partial charge on any atom is -0.497 e. The van der Waals surface area contributed by atoms with E-state index in [0.29, 0.717) is 6.04 Å². The molecule has 2 fully saturated rings. The lowest BCUT2D eigenvalue weighted by atomic mass is 10.1. The van der Waals surface area contributed by atoms with Crippen molar-refractivity contribution in [2.24, 2.45) is 0 Å². The number of hydrogen-bond acceptors (Lipinski definition) is 4. The van der Waals surface area contributed by atoms with Gasteiger partial charge in [-0.1, -0.05) is 0 Å². The number of halogens is 2. The average Bonchev–Trinajstić information content (AvgIpc) is 3.16. The van der Waals surface area contributed by atoms with Crippen molar-refractivity contribution in [2.75, 3.05) is 20.2 Å². The van der Waals surface area contributed by atoms with Crippen molar-refractivity contribution in [3.05, 3.63) is 36.0 Å². The van der Waals surface area contributed by atoms with Crippen molar-refractivity contribution in [1.82, 2.24) is 20.4 Å². The lowest BCUT2D eigenvalue weighted by molar-refractivity contribution is 0.251. The maximum absolute atomic E-state index is 5.24. The average molecular weight is 385 g/mol. The maximum atomic E-state index is 5.24. The number of ether oxygens (including phenoxy) is 1. The Morgan fingerprint density at radius 1 is 1.12 bits per heavy atom. The first-order valence-corrected chi connectivity index (χ1v) is 8.47. The molecule has 0 radical (unpaired) electrons. The molecule has 0 saturated carbocycles. The summed E-state index contributed by atoms with van der Waals surface area (Å²) in [4.78, 5) is 2.56. The van der Waals surface area contributed by atoms with E-state index < -0.39 is 0 Å². The van der Waals surface area contributed by atoms with Crippen LogP contribution in [0, 0.1) is 0 Å². The topological polar surface area (TPSA) is 53.2 Å². The highest BCUT2D eigenvalue weighted by molar-refractivity contribution is 5.85. The SMILES string of the molecule is COc1ccc(-c2[nH]ncc2CN2CC[C@H]3CC[C@@H](C2)N3)cc1.Cl.Cl. The number of likely N-dealkylation sites (tertiary alicyclic amines) is 1. The molecule has 0 aliphatic carbocycles. The normalized spacial score (nSPS) is 22.6. The number of benzene rings is 1. The fraction of sp³-hybridized carbons (Fsp3) is 0.500. The van der Waals surface area contributed by atoms with Gasteiger partial charge in [-0.2, -0.15) is 5.10 Å². The van der Waals surface area contributed by atoms with Crippen LogP contribution in [-0.4, -0.2) is 47.4 Å². The number of methoxy groups -OCH3 is 1. The number of nitrogens with zero attached hydrogens (tertiary/aromatic N) is 2. The molecule has 4 rings (SSSR count). The summed E-state index contributed by atoms with van der Waals surface area (Å²) in [5.74, 6) is 0.879. The van der Waals surface area contributed by atoms with Gasteiger partial charge in [-0.3, -0.25) is 10.00 Å². The molecule has 2 N–H and O–H groups in total. The second kappa shape index (κ2) is 8.90. The number of hydrogen-bond donors (Lipinski definition) is 2. The first kappa shape index (κ1) is 20.0. The van der Waals surface area contributed by atoms with E-state index in [1.54, 1.807) is 7.11 Å². The Morgan fingerprint density at radius 2 is 1.88 bits per heavy atom. The van der Waals surface area contributed by atoms with E-state index in [4.69, 9.17) is 4.74 Å². The third-order valence-electron chi connectivity index (χ3n) is 5.10. The van der Waals surface area contributed by atoms with Crippen molar-refractivity contribution >= 4 is 24.8 Å². The Balaban J connectivity index is 0.00000113. The molecule has 25 heavy (non-hydrogen) atoms. The highest BCUT2D eigenvalue weighted by atomic mass is 35.5. The molecule has 2 aliphatic heterocycles. The molecule has 0 amide bonds. The summed E-state index contributed by atoms with van der Waals surface area (Å²) in [6.07, 6.45) is 5.89. The monoisotopic (exact) mass is 384 g/mol. The van der Waals surface area contributed by atoms with Crippen molar-refractivity contribution in [2.45, 2.75) is 37.9 Å². The summed E-state index contributed by atoms with van der Waals surface area (Å²) in [5, 5.41) is 11.2. The second-order valence-corrected chi connectivity index (χ2v) is 6.66. The molecule has 2 bridgehead atoms. The molecule has 5 nitrogen and oxygen atoms in total. The van der Waals surface area contributed by atoms with E-state index in [-0.39, 0.29) is 24.8 Å². The number of nitrogens with one attached hydrogen (secondary N) is 2. The van der Waals surface area contributed by atoms with Crippen molar-refractivity contribution in [3.63, 3.8) is 0 Å². The van der Waals surface area contributed by atoms with Crippen molar-refractivity contribution in [3.8, 4) is 17.0 Å². The molecular formula is C18H26Cl2N4O. The molecule has 1 aromatic carbocycles. The number of H-pyrrole nitrogens is 1. The minimum absolute atomic E-state index is 0. The van der Waals surface area contributed by atoms with E-state index in [9.17, 15) is 0 Å². The summed E-state index contributed by atoms with van der Waals surface area (Å²) in [7, 11) is 1.69. The van der Waals surface area contributed by atoms with Gasteiger partial charge in [0.25, 0.3) is 0 Å². The fourth-order valence-electron chi connectivity index (χ4n) is 3.84. The van der Waals surface area contributed by atoms with Gasteiger partial charge < -0.3 is 10.1 Å². The van der Waals surface area contributed by atoms with Gasteiger partial charge in [0.2, 0.25) is 0 Å². The Hall–Kier alpha value is -1.27. The number of fused-ring (bicyclic) bond motifs is 2. The van der Waals surface area contributed by atoms with Crippen LogP contribution in [0.3, 0.4) is 0 Å². The molecule has 0 unspecified atom stereocenters. The van der Waals surface area contributed by atoms with Crippen LogP contribution >= 0.6 is 24.8 Å². The minimum atomic E-state index is 0. The Bertz CT molecular complexity index is 661. The van der Waals surface area contributed by atoms with Crippen LogP contribution < -0.4 is 10.1 Å². The summed E-state index contributed by atoms with van der Waals surface area (Å²) in [6.45, 7) is 3.27. The highest BCUT2D eigenvalue weighted by Crippen LogP contribution is 2.26. The second-order valence-electron chi connectivity index (χ2n) is 6.66. The molecule has 2 aliphatic rings. The number of aromatic amines is 1. The van der Waals surface area contributed by atoms with Gasteiger partial charge in [0, 0.05) is 42.8 Å². The van der Waals surface area contributed by atoms with Crippen LogP contribution in [0.5, 0.6) is 5.75 Å². The van der Waals surface area contributed by atoms with E-state index in [0.717, 1.165) is 36.1 Å². The smallest absolute Gasteiger partial charge is 0.118 e. The molecule has 2 saturated heterocycles. The zero-order valence-corrected chi connectivity index (χ0v) is 16.0. The van der Waals surface area contributed by atoms with Crippen molar-refractivity contribution < 1.29 is 4.74 Å². The van der Waals surface area contributed by atoms with Gasteiger partial charge >= 0.3 is 0 Å². The lowest BCUT2D eigenvalue weighted by Crippen LogP contribution is -2.34. The third-order valence-corrected chi connectivity index (χ3v) is 5.10. The zero-order chi connectivity index (χ0) is 15.6. The van der Waals surface area contributed by atoms with Crippen LogP contribution in [0.25, 0.3) is 11.3 Å². The van der Waals surface area contributed by atoms with E-state index in [2.05, 4.69) is 32.5 Å². The van der Waals surface area contributed by atoms with Crippen LogP contribution in [0.15, 0.2) is 30.5 Å². The predicted octanol–water partition coefficient (Wildman–Crippen LogP) is 3.26. The van der Waals surface area contributed by atoms with Crippen LogP contribution in [0.2, 0.25) is 0 Å². The lowest BCUT2D eigenvalue weighted by Gasteiger charge is -2.23. The fourth-order valence-corrected chi connectivity index (χ4v) is 3.84. The molecular weight excluding hydrogens is 359 g/mol. The standard InChI is InChI=1S/C18H24N4O.2ClH/c1-23-17-6-2-13(3-7-17)18-14(10-19-21-18)11-22-9-8-15-4-5-16(12-22)20-15;;/h2-3,6-7,10,15-16,20H,4-5,8-9,11-12H2,1H3,(H,19,21);2*1H/t15-,16+;;/m1../s1. The first-order valence-electron chi connectivity index (χ1n) is 8.47. The molecule has 7 heteroatoms. The highest BCUT2D eigenvalue weighted by Gasteiger charge is 2.29. The summed E-state index contributed by atoms with van der Waals surface area (Å²) in [5.41, 5.74) is 3.55. The summed E-state index contributed by atoms with van der Waals surface area (Å²) >= 11 is 0.